The van der Waals surface area contributed by atoms with Gasteiger partial charge in [-0.15, -0.1) is 0 Å². The van der Waals surface area contributed by atoms with Crippen molar-refractivity contribution in [1.29, 1.82) is 0 Å². The van der Waals surface area contributed by atoms with Gasteiger partial charge in [0.15, 0.2) is 6.10 Å². The van der Waals surface area contributed by atoms with E-state index in [1.807, 2.05) is 30.3 Å². The first-order chi connectivity index (χ1) is 8.66. The molecule has 0 amide bonds. The van der Waals surface area contributed by atoms with Gasteiger partial charge in [-0.2, -0.15) is 0 Å². The zero-order valence-corrected chi connectivity index (χ0v) is 9.61. The molecule has 3 N–H and O–H groups in total. The monoisotopic (exact) mass is 243 g/mol. The molecule has 1 unspecified atom stereocenters. The fraction of sp³-hybridized carbons (Fsp3) is 0.0714. The summed E-state index contributed by atoms with van der Waals surface area (Å²) >= 11 is 0. The number of rotatable bonds is 3. The van der Waals surface area contributed by atoms with Crippen LogP contribution in [-0.2, 0) is 4.74 Å². The summed E-state index contributed by atoms with van der Waals surface area (Å²) in [4.78, 5) is 10.8. The van der Waals surface area contributed by atoms with Crippen molar-refractivity contribution in [2.45, 2.75) is 6.10 Å². The molecule has 0 spiro atoms. The highest BCUT2D eigenvalue weighted by Gasteiger charge is 2.18. The molecule has 18 heavy (non-hydrogen) atoms. The third kappa shape index (κ3) is 2.79. The van der Waals surface area contributed by atoms with Crippen molar-refractivity contribution in [2.24, 2.45) is 0 Å². The summed E-state index contributed by atoms with van der Waals surface area (Å²) in [5, 5.41) is 8.82. The van der Waals surface area contributed by atoms with E-state index in [1.54, 1.807) is 24.3 Å². The SMILES string of the molecule is Nc1cccc(C(OC(=O)O)c2ccccc2)c1. The van der Waals surface area contributed by atoms with Crippen molar-refractivity contribution in [2.75, 3.05) is 5.73 Å². The Bertz CT molecular complexity index is 540. The van der Waals surface area contributed by atoms with Gasteiger partial charge >= 0.3 is 6.16 Å². The van der Waals surface area contributed by atoms with Crippen LogP contribution in [0.4, 0.5) is 10.5 Å². The van der Waals surface area contributed by atoms with Crippen molar-refractivity contribution in [3.05, 3.63) is 65.7 Å². The van der Waals surface area contributed by atoms with Gasteiger partial charge in [0.25, 0.3) is 0 Å². The number of anilines is 1. The van der Waals surface area contributed by atoms with E-state index in [1.165, 1.54) is 0 Å². The number of hydrogen-bond acceptors (Lipinski definition) is 3. The van der Waals surface area contributed by atoms with E-state index in [2.05, 4.69) is 0 Å². The van der Waals surface area contributed by atoms with Gasteiger partial charge in [-0.05, 0) is 23.3 Å². The molecule has 0 aliphatic heterocycles. The van der Waals surface area contributed by atoms with Gasteiger partial charge in [-0.3, -0.25) is 0 Å². The van der Waals surface area contributed by atoms with E-state index >= 15 is 0 Å². The van der Waals surface area contributed by atoms with Gasteiger partial charge in [-0.1, -0.05) is 42.5 Å². The number of hydrogen-bond donors (Lipinski definition) is 2. The van der Waals surface area contributed by atoms with Gasteiger partial charge < -0.3 is 15.6 Å². The van der Waals surface area contributed by atoms with E-state index in [-0.39, 0.29) is 0 Å². The van der Waals surface area contributed by atoms with Gasteiger partial charge in [0.2, 0.25) is 0 Å². The number of carbonyl (C=O) groups is 1. The van der Waals surface area contributed by atoms with Gasteiger partial charge in [-0.25, -0.2) is 4.79 Å². The molecular formula is C14H13NO3. The molecule has 0 saturated heterocycles. The number of nitrogen functional groups attached to an aromatic ring is 1. The molecule has 2 aromatic rings. The van der Waals surface area contributed by atoms with Crippen molar-refractivity contribution in [1.82, 2.24) is 0 Å². The molecular weight excluding hydrogens is 230 g/mol. The summed E-state index contributed by atoms with van der Waals surface area (Å²) in [6.45, 7) is 0. The lowest BCUT2D eigenvalue weighted by atomic mass is 10.0. The average Bonchev–Trinajstić information content (AvgIpc) is 2.37. The van der Waals surface area contributed by atoms with Crippen LogP contribution in [0.2, 0.25) is 0 Å². The van der Waals surface area contributed by atoms with E-state index in [0.29, 0.717) is 11.3 Å². The van der Waals surface area contributed by atoms with E-state index in [9.17, 15) is 4.79 Å². The number of nitrogens with two attached hydrogens (primary N) is 1. The molecule has 0 aliphatic rings. The summed E-state index contributed by atoms with van der Waals surface area (Å²) in [6, 6.07) is 16.2. The summed E-state index contributed by atoms with van der Waals surface area (Å²) in [5.41, 5.74) is 7.75. The first-order valence-corrected chi connectivity index (χ1v) is 5.47. The minimum absolute atomic E-state index is 0.572. The minimum atomic E-state index is -1.31. The molecule has 4 nitrogen and oxygen atoms in total. The summed E-state index contributed by atoms with van der Waals surface area (Å²) in [6.07, 6.45) is -1.97. The highest BCUT2D eigenvalue weighted by Crippen LogP contribution is 2.27. The van der Waals surface area contributed by atoms with Crippen LogP contribution in [-0.4, -0.2) is 11.3 Å². The number of carboxylic acid groups (broad SMARTS) is 1. The predicted octanol–water partition coefficient (Wildman–Crippen LogP) is 3.05. The van der Waals surface area contributed by atoms with Crippen LogP contribution >= 0.6 is 0 Å². The second-order valence-corrected chi connectivity index (χ2v) is 3.84. The summed E-state index contributed by atoms with van der Waals surface area (Å²) in [5.74, 6) is 0. The van der Waals surface area contributed by atoms with Crippen molar-refractivity contribution in [3.63, 3.8) is 0 Å². The minimum Gasteiger partial charge on any atom is -0.450 e. The van der Waals surface area contributed by atoms with Crippen molar-refractivity contribution >= 4 is 11.8 Å². The van der Waals surface area contributed by atoms with E-state index in [0.717, 1.165) is 5.56 Å². The lowest BCUT2D eigenvalue weighted by Gasteiger charge is -2.17. The maximum atomic E-state index is 10.8. The molecule has 2 rings (SSSR count). The molecule has 0 heterocycles. The first kappa shape index (κ1) is 12.0. The van der Waals surface area contributed by atoms with Crippen molar-refractivity contribution < 1.29 is 14.6 Å². The smallest absolute Gasteiger partial charge is 0.450 e. The Morgan fingerprint density at radius 2 is 1.72 bits per heavy atom. The first-order valence-electron chi connectivity index (χ1n) is 5.47. The van der Waals surface area contributed by atoms with Gasteiger partial charge in [0.05, 0.1) is 0 Å². The van der Waals surface area contributed by atoms with E-state index < -0.39 is 12.3 Å². The molecule has 0 saturated carbocycles. The second kappa shape index (κ2) is 5.23. The quantitative estimate of drug-likeness (QED) is 0.642. The summed E-state index contributed by atoms with van der Waals surface area (Å²) < 4.78 is 4.94. The summed E-state index contributed by atoms with van der Waals surface area (Å²) in [7, 11) is 0. The molecule has 2 aromatic carbocycles. The van der Waals surface area contributed by atoms with Crippen molar-refractivity contribution in [3.8, 4) is 0 Å². The Morgan fingerprint density at radius 3 is 2.33 bits per heavy atom. The third-order valence-corrected chi connectivity index (χ3v) is 2.53. The lowest BCUT2D eigenvalue weighted by Crippen LogP contribution is -2.11. The topological polar surface area (TPSA) is 72.5 Å². The predicted molar refractivity (Wildman–Crippen MR) is 68.2 cm³/mol. The zero-order valence-electron chi connectivity index (χ0n) is 9.61. The molecule has 0 radical (unpaired) electrons. The van der Waals surface area contributed by atoms with Crippen LogP contribution in [0, 0.1) is 0 Å². The Balaban J connectivity index is 2.40. The maximum Gasteiger partial charge on any atom is 0.506 e. The standard InChI is InChI=1S/C14H13NO3/c15-12-8-4-7-11(9-12)13(18-14(16)17)10-5-2-1-3-6-10/h1-9,13H,15H2,(H,16,17). The highest BCUT2D eigenvalue weighted by atomic mass is 16.7. The van der Waals surface area contributed by atoms with Crippen LogP contribution in [0.3, 0.4) is 0 Å². The largest absolute Gasteiger partial charge is 0.506 e. The molecule has 0 bridgehead atoms. The highest BCUT2D eigenvalue weighted by molar-refractivity contribution is 5.58. The second-order valence-electron chi connectivity index (χ2n) is 3.84. The molecule has 1 atom stereocenters. The fourth-order valence-electron chi connectivity index (χ4n) is 1.78. The van der Waals surface area contributed by atoms with Gasteiger partial charge in [0.1, 0.15) is 0 Å². The van der Waals surface area contributed by atoms with Crippen LogP contribution in [0.1, 0.15) is 17.2 Å². The molecule has 0 aromatic heterocycles. The molecule has 0 fully saturated rings. The normalized spacial score (nSPS) is 11.8. The average molecular weight is 243 g/mol. The Labute approximate surface area is 105 Å². The lowest BCUT2D eigenvalue weighted by molar-refractivity contribution is 0.0663. The van der Waals surface area contributed by atoms with Crippen LogP contribution in [0.5, 0.6) is 0 Å². The molecule has 4 heteroatoms. The Hall–Kier alpha value is -2.49. The van der Waals surface area contributed by atoms with E-state index in [4.69, 9.17) is 15.6 Å². The number of benzene rings is 2. The van der Waals surface area contributed by atoms with Crippen LogP contribution in [0.25, 0.3) is 0 Å². The zero-order chi connectivity index (χ0) is 13.0. The molecule has 92 valence electrons. The fourth-order valence-corrected chi connectivity index (χ4v) is 1.78. The van der Waals surface area contributed by atoms with Gasteiger partial charge in [0, 0.05) is 5.69 Å². The van der Waals surface area contributed by atoms with Crippen LogP contribution < -0.4 is 5.73 Å². The van der Waals surface area contributed by atoms with Crippen LogP contribution in [0.15, 0.2) is 54.6 Å². The maximum absolute atomic E-state index is 10.8. The third-order valence-electron chi connectivity index (χ3n) is 2.53. The number of ether oxygens (including phenoxy) is 1. The Morgan fingerprint density at radius 1 is 1.06 bits per heavy atom. The Kier molecular flexibility index (Phi) is 3.48. The molecule has 0 aliphatic carbocycles.